The number of rotatable bonds is 14. The van der Waals surface area contributed by atoms with Crippen LogP contribution in [-0.2, 0) is 45.5 Å². The number of carbonyl (C=O) groups is 2. The first kappa shape index (κ1) is 31.9. The molecule has 0 saturated heterocycles. The summed E-state index contributed by atoms with van der Waals surface area (Å²) in [5.41, 5.74) is 3.43. The van der Waals surface area contributed by atoms with Gasteiger partial charge in [-0.2, -0.15) is 0 Å². The molecular weight excluding hydrogens is 584 g/mol. The first-order valence-corrected chi connectivity index (χ1v) is 15.9. The third kappa shape index (κ3) is 9.47. The van der Waals surface area contributed by atoms with Gasteiger partial charge in [0.05, 0.1) is 4.90 Å². The molecule has 0 spiro atoms. The SMILES string of the molecule is CCNS(=O)(=O)c1ccc(CCC(=O)N(Cc2ccc(Cl)cc2)[C@H](Cc2ccccc2)C(=O)NCc2cccnc2)cc1. The number of sulfonamides is 1. The Morgan fingerprint density at radius 2 is 1.53 bits per heavy atom. The van der Waals surface area contributed by atoms with Gasteiger partial charge in [0.2, 0.25) is 21.8 Å². The van der Waals surface area contributed by atoms with Crippen molar-refractivity contribution in [2.24, 2.45) is 0 Å². The molecular formula is C33H35ClN4O4S. The quantitative estimate of drug-likeness (QED) is 0.209. The van der Waals surface area contributed by atoms with Crippen molar-refractivity contribution in [1.29, 1.82) is 0 Å². The molecule has 3 aromatic carbocycles. The molecule has 1 aromatic heterocycles. The van der Waals surface area contributed by atoms with Crippen LogP contribution in [0, 0.1) is 0 Å². The van der Waals surface area contributed by atoms with Crippen molar-refractivity contribution in [2.75, 3.05) is 6.54 Å². The summed E-state index contributed by atoms with van der Waals surface area (Å²) in [5, 5.41) is 3.58. The molecule has 4 rings (SSSR count). The molecule has 0 fully saturated rings. The van der Waals surface area contributed by atoms with E-state index in [1.807, 2.05) is 54.6 Å². The van der Waals surface area contributed by atoms with Gasteiger partial charge < -0.3 is 10.2 Å². The monoisotopic (exact) mass is 618 g/mol. The zero-order valence-corrected chi connectivity index (χ0v) is 25.5. The number of aryl methyl sites for hydroxylation is 1. The highest BCUT2D eigenvalue weighted by Gasteiger charge is 2.30. The van der Waals surface area contributed by atoms with Crippen molar-refractivity contribution in [1.82, 2.24) is 19.9 Å². The Balaban J connectivity index is 1.58. The Kier molecular flexibility index (Phi) is 11.4. The van der Waals surface area contributed by atoms with E-state index in [1.165, 1.54) is 12.1 Å². The lowest BCUT2D eigenvalue weighted by atomic mass is 10.0. The molecule has 2 N–H and O–H groups in total. The van der Waals surface area contributed by atoms with Crippen molar-refractivity contribution in [2.45, 2.75) is 50.2 Å². The lowest BCUT2D eigenvalue weighted by molar-refractivity contribution is -0.141. The summed E-state index contributed by atoms with van der Waals surface area (Å²) >= 11 is 6.11. The number of amides is 2. The molecule has 0 bridgehead atoms. The van der Waals surface area contributed by atoms with E-state index in [-0.39, 0.29) is 36.2 Å². The molecule has 1 atom stereocenters. The van der Waals surface area contributed by atoms with E-state index in [1.54, 1.807) is 48.5 Å². The van der Waals surface area contributed by atoms with Crippen LogP contribution in [0.1, 0.15) is 35.6 Å². The number of benzene rings is 3. The number of nitrogens with zero attached hydrogens (tertiary/aromatic N) is 2. The van der Waals surface area contributed by atoms with Crippen LogP contribution in [0.15, 0.2) is 108 Å². The summed E-state index contributed by atoms with van der Waals surface area (Å²) in [7, 11) is -3.57. The number of pyridine rings is 1. The van der Waals surface area contributed by atoms with Crippen LogP contribution in [0.3, 0.4) is 0 Å². The second kappa shape index (κ2) is 15.4. The summed E-state index contributed by atoms with van der Waals surface area (Å²) in [6.45, 7) is 2.51. The zero-order chi connectivity index (χ0) is 30.7. The first-order chi connectivity index (χ1) is 20.7. The van der Waals surface area contributed by atoms with Gasteiger partial charge in [0.1, 0.15) is 6.04 Å². The summed E-state index contributed by atoms with van der Waals surface area (Å²) in [5.74, 6) is -0.468. The number of carbonyl (C=O) groups excluding carboxylic acids is 2. The predicted octanol–water partition coefficient (Wildman–Crippen LogP) is 4.92. The molecule has 10 heteroatoms. The molecule has 0 radical (unpaired) electrons. The van der Waals surface area contributed by atoms with Gasteiger partial charge in [-0.15, -0.1) is 0 Å². The molecule has 0 saturated carbocycles. The summed E-state index contributed by atoms with van der Waals surface area (Å²) in [6.07, 6.45) is 4.21. The van der Waals surface area contributed by atoms with Gasteiger partial charge in [-0.1, -0.05) is 79.2 Å². The molecule has 0 aliphatic heterocycles. The van der Waals surface area contributed by atoms with Crippen molar-refractivity contribution in [3.05, 3.63) is 131 Å². The number of hydrogen-bond donors (Lipinski definition) is 2. The molecule has 0 aliphatic rings. The normalized spacial score (nSPS) is 12.0. The minimum Gasteiger partial charge on any atom is -0.350 e. The molecule has 1 heterocycles. The maximum absolute atomic E-state index is 13.9. The van der Waals surface area contributed by atoms with Crippen LogP contribution >= 0.6 is 11.6 Å². The van der Waals surface area contributed by atoms with Crippen LogP contribution in [-0.4, -0.2) is 42.7 Å². The number of nitrogens with one attached hydrogen (secondary N) is 2. The van der Waals surface area contributed by atoms with Crippen molar-refractivity contribution < 1.29 is 18.0 Å². The van der Waals surface area contributed by atoms with Crippen LogP contribution in [0.4, 0.5) is 0 Å². The van der Waals surface area contributed by atoms with Gasteiger partial charge in [0.15, 0.2) is 0 Å². The fourth-order valence-electron chi connectivity index (χ4n) is 4.65. The van der Waals surface area contributed by atoms with Crippen molar-refractivity contribution in [3.8, 4) is 0 Å². The molecule has 2 amide bonds. The van der Waals surface area contributed by atoms with E-state index < -0.39 is 16.1 Å². The van der Waals surface area contributed by atoms with Crippen molar-refractivity contribution in [3.63, 3.8) is 0 Å². The van der Waals surface area contributed by atoms with E-state index >= 15 is 0 Å². The second-order valence-corrected chi connectivity index (χ2v) is 12.3. The second-order valence-electron chi connectivity index (χ2n) is 10.1. The Bertz CT molecular complexity index is 1580. The molecule has 224 valence electrons. The van der Waals surface area contributed by atoms with Gasteiger partial charge in [0, 0.05) is 49.9 Å². The topological polar surface area (TPSA) is 108 Å². The van der Waals surface area contributed by atoms with E-state index in [0.717, 1.165) is 22.3 Å². The standard InChI is InChI=1S/C33H35ClN4O4S/c1-2-37-43(41,42)30-17-12-25(13-18-30)14-19-32(39)38(24-27-10-15-29(34)16-11-27)31(21-26-7-4-3-5-8-26)33(40)36-23-28-9-6-20-35-22-28/h3-13,15-18,20,22,31,37H,2,14,19,21,23-24H2,1H3,(H,36,40)/t31-/m1/s1. The maximum atomic E-state index is 13.9. The van der Waals surface area contributed by atoms with E-state index in [4.69, 9.17) is 11.6 Å². The fraction of sp³-hybridized carbons (Fsp3) is 0.242. The number of hydrogen-bond acceptors (Lipinski definition) is 5. The first-order valence-electron chi connectivity index (χ1n) is 14.1. The summed E-state index contributed by atoms with van der Waals surface area (Å²) in [4.78, 5) is 33.6. The van der Waals surface area contributed by atoms with Gasteiger partial charge in [-0.05, 0) is 59.0 Å². The van der Waals surface area contributed by atoms with E-state index in [9.17, 15) is 18.0 Å². The summed E-state index contributed by atoms with van der Waals surface area (Å²) < 4.78 is 27.1. The Morgan fingerprint density at radius 1 is 0.860 bits per heavy atom. The molecule has 0 aliphatic carbocycles. The number of halogens is 1. The minimum atomic E-state index is -3.57. The van der Waals surface area contributed by atoms with Crippen LogP contribution in [0.2, 0.25) is 5.02 Å². The largest absolute Gasteiger partial charge is 0.350 e. The van der Waals surface area contributed by atoms with Gasteiger partial charge in [-0.3, -0.25) is 14.6 Å². The number of aromatic nitrogens is 1. The average molecular weight is 619 g/mol. The molecule has 43 heavy (non-hydrogen) atoms. The lowest BCUT2D eigenvalue weighted by Crippen LogP contribution is -2.50. The third-order valence-corrected chi connectivity index (χ3v) is 8.74. The highest BCUT2D eigenvalue weighted by atomic mass is 35.5. The minimum absolute atomic E-state index is 0.133. The highest BCUT2D eigenvalue weighted by molar-refractivity contribution is 7.89. The predicted molar refractivity (Wildman–Crippen MR) is 168 cm³/mol. The van der Waals surface area contributed by atoms with E-state index in [2.05, 4.69) is 15.0 Å². The smallest absolute Gasteiger partial charge is 0.243 e. The van der Waals surface area contributed by atoms with Gasteiger partial charge in [-0.25, -0.2) is 13.1 Å². The Labute approximate surface area is 258 Å². The van der Waals surface area contributed by atoms with Crippen LogP contribution < -0.4 is 10.0 Å². The fourth-order valence-corrected chi connectivity index (χ4v) is 5.82. The zero-order valence-electron chi connectivity index (χ0n) is 23.9. The van der Waals surface area contributed by atoms with Gasteiger partial charge >= 0.3 is 0 Å². The summed E-state index contributed by atoms with van der Waals surface area (Å²) in [6, 6.07) is 26.2. The highest BCUT2D eigenvalue weighted by Crippen LogP contribution is 2.19. The third-order valence-electron chi connectivity index (χ3n) is 6.92. The maximum Gasteiger partial charge on any atom is 0.243 e. The Hall–Kier alpha value is -4.05. The molecule has 0 unspecified atom stereocenters. The van der Waals surface area contributed by atoms with Crippen LogP contribution in [0.25, 0.3) is 0 Å². The van der Waals surface area contributed by atoms with E-state index in [0.29, 0.717) is 24.4 Å². The lowest BCUT2D eigenvalue weighted by Gasteiger charge is -2.32. The molecule has 8 nitrogen and oxygen atoms in total. The molecule has 4 aromatic rings. The Morgan fingerprint density at radius 3 is 2.19 bits per heavy atom. The van der Waals surface area contributed by atoms with Crippen LogP contribution in [0.5, 0.6) is 0 Å². The average Bonchev–Trinajstić information content (AvgIpc) is 3.02. The van der Waals surface area contributed by atoms with Crippen molar-refractivity contribution >= 4 is 33.4 Å². The van der Waals surface area contributed by atoms with Gasteiger partial charge in [0.25, 0.3) is 0 Å².